The Balaban J connectivity index is 1.58. The molecule has 4 nitrogen and oxygen atoms in total. The molecule has 3 aromatic rings. The predicted molar refractivity (Wildman–Crippen MR) is 112 cm³/mol. The third kappa shape index (κ3) is 3.52. The summed E-state index contributed by atoms with van der Waals surface area (Å²) in [5, 5.41) is 12.2. The molecular formula is C24H26N2O2. The lowest BCUT2D eigenvalue weighted by Crippen LogP contribution is -2.51. The Labute approximate surface area is 166 Å². The van der Waals surface area contributed by atoms with Crippen LogP contribution in [0.1, 0.15) is 17.5 Å². The van der Waals surface area contributed by atoms with Crippen LogP contribution in [-0.2, 0) is 13.0 Å². The van der Waals surface area contributed by atoms with Gasteiger partial charge in [-0.25, -0.2) is 0 Å². The molecule has 4 rings (SSSR count). The Bertz CT molecular complexity index is 989. The number of para-hydroxylation sites is 1. The number of nitrogens with one attached hydrogen (secondary N) is 1. The first-order chi connectivity index (χ1) is 13.6. The average molecular weight is 374 g/mol. The summed E-state index contributed by atoms with van der Waals surface area (Å²) in [5.41, 5.74) is 2.36. The van der Waals surface area contributed by atoms with E-state index in [1.54, 1.807) is 7.11 Å². The largest absolute Gasteiger partial charge is 0.495 e. The number of piperidine rings is 1. The van der Waals surface area contributed by atoms with Crippen LogP contribution in [0.25, 0.3) is 10.9 Å². The van der Waals surface area contributed by atoms with Gasteiger partial charge in [0.05, 0.1) is 12.6 Å². The number of hydrogen-bond acceptors (Lipinski definition) is 3. The summed E-state index contributed by atoms with van der Waals surface area (Å²) < 4.78 is 5.46. The molecule has 4 heteroatoms. The van der Waals surface area contributed by atoms with Crippen LogP contribution >= 0.6 is 0 Å². The van der Waals surface area contributed by atoms with Gasteiger partial charge in [-0.15, -0.1) is 6.42 Å². The zero-order valence-corrected chi connectivity index (χ0v) is 16.2. The summed E-state index contributed by atoms with van der Waals surface area (Å²) in [6, 6.07) is 16.5. The van der Waals surface area contributed by atoms with E-state index in [0.29, 0.717) is 6.42 Å². The van der Waals surface area contributed by atoms with Crippen LogP contribution in [0.3, 0.4) is 0 Å². The maximum atomic E-state index is 11.1. The predicted octanol–water partition coefficient (Wildman–Crippen LogP) is 3.61. The van der Waals surface area contributed by atoms with Crippen LogP contribution in [0.4, 0.5) is 0 Å². The first-order valence-corrected chi connectivity index (χ1v) is 9.72. The quantitative estimate of drug-likeness (QED) is 0.671. The summed E-state index contributed by atoms with van der Waals surface area (Å²) >= 11 is 0. The Morgan fingerprint density at radius 1 is 1.25 bits per heavy atom. The SMILES string of the molecule is C#CC1(O)CCN(Cc2ccccc2)CC1Cc1c[nH]c2c(OC)cccc12. The van der Waals surface area contributed by atoms with Crippen molar-refractivity contribution < 1.29 is 9.84 Å². The van der Waals surface area contributed by atoms with Crippen molar-refractivity contribution in [1.29, 1.82) is 0 Å². The zero-order chi connectivity index (χ0) is 19.6. The highest BCUT2D eigenvalue weighted by molar-refractivity contribution is 5.88. The first kappa shape index (κ1) is 18.6. The lowest BCUT2D eigenvalue weighted by atomic mass is 9.78. The summed E-state index contributed by atoms with van der Waals surface area (Å²) in [6.45, 7) is 2.44. The number of ether oxygens (including phenoxy) is 1. The number of methoxy groups -OCH3 is 1. The third-order valence-electron chi connectivity index (χ3n) is 5.91. The number of rotatable bonds is 5. The molecule has 1 saturated heterocycles. The van der Waals surface area contributed by atoms with Crippen LogP contribution < -0.4 is 4.74 Å². The molecule has 2 atom stereocenters. The van der Waals surface area contributed by atoms with Crippen LogP contribution in [0.5, 0.6) is 5.75 Å². The standard InChI is InChI=1S/C24H26N2O2/c1-3-24(27)12-13-26(16-18-8-5-4-6-9-18)17-20(24)14-19-15-25-23-21(19)10-7-11-22(23)28-2/h1,4-11,15,20,25,27H,12-14,16-17H2,2H3. The molecule has 2 N–H and O–H groups in total. The molecule has 2 aromatic carbocycles. The van der Waals surface area contributed by atoms with Gasteiger partial charge >= 0.3 is 0 Å². The third-order valence-corrected chi connectivity index (χ3v) is 5.91. The van der Waals surface area contributed by atoms with Crippen molar-refractivity contribution in [2.45, 2.75) is 25.0 Å². The number of nitrogens with zero attached hydrogens (tertiary/aromatic N) is 1. The molecule has 0 saturated carbocycles. The molecule has 0 spiro atoms. The van der Waals surface area contributed by atoms with E-state index in [0.717, 1.165) is 48.3 Å². The Hall–Kier alpha value is -2.74. The molecule has 2 heterocycles. The van der Waals surface area contributed by atoms with Gasteiger partial charge in [-0.05, 0) is 23.6 Å². The fourth-order valence-electron chi connectivity index (χ4n) is 4.28. The van der Waals surface area contributed by atoms with Crippen LogP contribution in [0.15, 0.2) is 54.7 Å². The van der Waals surface area contributed by atoms with E-state index in [1.165, 1.54) is 5.56 Å². The number of aromatic amines is 1. The summed E-state index contributed by atoms with van der Waals surface area (Å²) in [4.78, 5) is 5.71. The monoisotopic (exact) mass is 374 g/mol. The van der Waals surface area contributed by atoms with Crippen LogP contribution in [-0.4, -0.2) is 40.8 Å². The van der Waals surface area contributed by atoms with E-state index in [4.69, 9.17) is 11.2 Å². The zero-order valence-electron chi connectivity index (χ0n) is 16.2. The molecule has 0 bridgehead atoms. The molecular weight excluding hydrogens is 348 g/mol. The minimum Gasteiger partial charge on any atom is -0.495 e. The molecule has 1 fully saturated rings. The van der Waals surface area contributed by atoms with Gasteiger partial charge in [0.15, 0.2) is 0 Å². The lowest BCUT2D eigenvalue weighted by Gasteiger charge is -2.42. The van der Waals surface area contributed by atoms with Gasteiger partial charge in [-0.1, -0.05) is 48.4 Å². The highest BCUT2D eigenvalue weighted by Crippen LogP contribution is 2.34. The summed E-state index contributed by atoms with van der Waals surface area (Å²) in [5.74, 6) is 3.49. The molecule has 144 valence electrons. The van der Waals surface area contributed by atoms with E-state index in [2.05, 4.69) is 46.1 Å². The highest BCUT2D eigenvalue weighted by Gasteiger charge is 2.40. The first-order valence-electron chi connectivity index (χ1n) is 9.72. The van der Waals surface area contributed by atoms with Gasteiger partial charge in [-0.3, -0.25) is 4.90 Å². The number of terminal acetylenes is 1. The van der Waals surface area contributed by atoms with E-state index in [1.807, 2.05) is 24.4 Å². The van der Waals surface area contributed by atoms with Crippen LogP contribution in [0, 0.1) is 18.3 Å². The van der Waals surface area contributed by atoms with Gasteiger partial charge < -0.3 is 14.8 Å². The molecule has 2 unspecified atom stereocenters. The molecule has 1 aliphatic rings. The molecule has 0 amide bonds. The molecule has 28 heavy (non-hydrogen) atoms. The van der Waals surface area contributed by atoms with Crippen molar-refractivity contribution in [3.8, 4) is 18.1 Å². The molecule has 0 aliphatic carbocycles. The normalized spacial score (nSPS) is 22.8. The topological polar surface area (TPSA) is 48.5 Å². The Morgan fingerprint density at radius 2 is 2.07 bits per heavy atom. The second kappa shape index (κ2) is 7.71. The number of aromatic nitrogens is 1. The Kier molecular flexibility index (Phi) is 5.13. The number of likely N-dealkylation sites (tertiary alicyclic amines) is 1. The second-order valence-electron chi connectivity index (χ2n) is 7.64. The fraction of sp³-hybridized carbons (Fsp3) is 0.333. The lowest BCUT2D eigenvalue weighted by molar-refractivity contribution is -0.0289. The van der Waals surface area contributed by atoms with E-state index < -0.39 is 5.60 Å². The van der Waals surface area contributed by atoms with E-state index in [9.17, 15) is 5.11 Å². The minimum absolute atomic E-state index is 0.0276. The fourth-order valence-corrected chi connectivity index (χ4v) is 4.28. The van der Waals surface area contributed by atoms with Gasteiger partial charge in [0.1, 0.15) is 11.4 Å². The smallest absolute Gasteiger partial charge is 0.142 e. The van der Waals surface area contributed by atoms with Crippen molar-refractivity contribution in [3.05, 3.63) is 65.9 Å². The summed E-state index contributed by atoms with van der Waals surface area (Å²) in [7, 11) is 1.68. The molecule has 0 radical (unpaired) electrons. The highest BCUT2D eigenvalue weighted by atomic mass is 16.5. The maximum Gasteiger partial charge on any atom is 0.142 e. The molecule has 1 aliphatic heterocycles. The minimum atomic E-state index is -1.07. The van der Waals surface area contributed by atoms with Gasteiger partial charge in [0.2, 0.25) is 0 Å². The average Bonchev–Trinajstić information content (AvgIpc) is 3.14. The van der Waals surface area contributed by atoms with Crippen LogP contribution in [0.2, 0.25) is 0 Å². The van der Waals surface area contributed by atoms with Crippen molar-refractivity contribution in [1.82, 2.24) is 9.88 Å². The van der Waals surface area contributed by atoms with Crippen molar-refractivity contribution in [2.75, 3.05) is 20.2 Å². The number of fused-ring (bicyclic) bond motifs is 1. The Morgan fingerprint density at radius 3 is 2.82 bits per heavy atom. The summed E-state index contributed by atoms with van der Waals surface area (Å²) in [6.07, 6.45) is 9.09. The van der Waals surface area contributed by atoms with E-state index in [-0.39, 0.29) is 5.92 Å². The number of aliphatic hydroxyl groups is 1. The van der Waals surface area contributed by atoms with Crippen molar-refractivity contribution in [3.63, 3.8) is 0 Å². The van der Waals surface area contributed by atoms with Gasteiger partial charge in [0, 0.05) is 43.6 Å². The van der Waals surface area contributed by atoms with Gasteiger partial charge in [0.25, 0.3) is 0 Å². The van der Waals surface area contributed by atoms with Crippen molar-refractivity contribution in [2.24, 2.45) is 5.92 Å². The van der Waals surface area contributed by atoms with Gasteiger partial charge in [-0.2, -0.15) is 0 Å². The number of hydrogen-bond donors (Lipinski definition) is 2. The van der Waals surface area contributed by atoms with Crippen molar-refractivity contribution >= 4 is 10.9 Å². The second-order valence-corrected chi connectivity index (χ2v) is 7.64. The number of H-pyrrole nitrogens is 1. The molecule has 1 aromatic heterocycles. The number of benzene rings is 2. The maximum absolute atomic E-state index is 11.1. The van der Waals surface area contributed by atoms with E-state index >= 15 is 0 Å².